The Bertz CT molecular complexity index is 1080. The van der Waals surface area contributed by atoms with Crippen molar-refractivity contribution in [3.63, 3.8) is 0 Å². The van der Waals surface area contributed by atoms with Crippen molar-refractivity contribution < 1.29 is 21.6 Å². The molecule has 28 heavy (non-hydrogen) atoms. The third-order valence-corrected chi connectivity index (χ3v) is 7.41. The number of nitrogens with one attached hydrogen (secondary N) is 2. The molecule has 1 heterocycles. The molecule has 0 atom stereocenters. The van der Waals surface area contributed by atoms with Crippen molar-refractivity contribution >= 4 is 59.2 Å². The van der Waals surface area contributed by atoms with Crippen molar-refractivity contribution in [3.05, 3.63) is 28.8 Å². The Labute approximate surface area is 172 Å². The van der Waals surface area contributed by atoms with E-state index < -0.39 is 26.0 Å². The Kier molecular flexibility index (Phi) is 6.98. The molecule has 1 aromatic carbocycles. The van der Waals surface area contributed by atoms with Crippen LogP contribution >= 0.6 is 22.9 Å². The Hall–Kier alpha value is -1.80. The van der Waals surface area contributed by atoms with E-state index in [0.29, 0.717) is 0 Å². The van der Waals surface area contributed by atoms with Gasteiger partial charge < -0.3 is 0 Å². The van der Waals surface area contributed by atoms with Gasteiger partial charge in [-0.15, -0.1) is 10.2 Å². The molecule has 10 nitrogen and oxygen atoms in total. The van der Waals surface area contributed by atoms with Gasteiger partial charge in [0.15, 0.2) is 0 Å². The second-order valence-electron chi connectivity index (χ2n) is 5.48. The van der Waals surface area contributed by atoms with Crippen LogP contribution in [0.3, 0.4) is 0 Å². The molecule has 0 aliphatic rings. The van der Waals surface area contributed by atoms with Crippen LogP contribution < -0.4 is 10.0 Å². The van der Waals surface area contributed by atoms with Gasteiger partial charge in [0.2, 0.25) is 30.3 Å². The molecule has 0 spiro atoms. The summed E-state index contributed by atoms with van der Waals surface area (Å²) in [5.74, 6) is -0.644. The second kappa shape index (κ2) is 8.69. The number of amides is 1. The van der Waals surface area contributed by atoms with Gasteiger partial charge in [-0.1, -0.05) is 36.8 Å². The lowest BCUT2D eigenvalue weighted by Gasteiger charge is -2.19. The Morgan fingerprint density at radius 3 is 2.32 bits per heavy atom. The van der Waals surface area contributed by atoms with Crippen LogP contribution in [-0.4, -0.2) is 56.6 Å². The van der Waals surface area contributed by atoms with Crippen molar-refractivity contribution in [1.29, 1.82) is 0 Å². The SMILES string of the molecule is CCN(CC)S(=O)(=O)c1cc(C(=O)Nc2nnc(NS(C)(=O)=O)s2)ccc1Cl. The van der Waals surface area contributed by atoms with Gasteiger partial charge in [0.1, 0.15) is 4.90 Å². The smallest absolute Gasteiger partial charge is 0.257 e. The number of benzene rings is 1. The number of carbonyl (C=O) groups is 1. The Balaban J connectivity index is 2.28. The lowest BCUT2D eigenvalue weighted by molar-refractivity contribution is 0.102. The molecule has 1 amide bonds. The Morgan fingerprint density at radius 2 is 1.75 bits per heavy atom. The number of halogens is 1. The van der Waals surface area contributed by atoms with Crippen LogP contribution in [0.2, 0.25) is 5.02 Å². The number of aromatic nitrogens is 2. The minimum absolute atomic E-state index is 0.000922. The van der Waals surface area contributed by atoms with Gasteiger partial charge in [-0.3, -0.25) is 14.8 Å². The first-order chi connectivity index (χ1) is 13.0. The lowest BCUT2D eigenvalue weighted by Crippen LogP contribution is -2.31. The van der Waals surface area contributed by atoms with Crippen LogP contribution in [-0.2, 0) is 20.0 Å². The average Bonchev–Trinajstić information content (AvgIpc) is 3.00. The highest BCUT2D eigenvalue weighted by molar-refractivity contribution is 7.92. The van der Waals surface area contributed by atoms with E-state index >= 15 is 0 Å². The molecule has 2 rings (SSSR count). The van der Waals surface area contributed by atoms with Crippen molar-refractivity contribution in [3.8, 4) is 0 Å². The molecule has 0 radical (unpaired) electrons. The van der Waals surface area contributed by atoms with Crippen LogP contribution in [0.25, 0.3) is 0 Å². The van der Waals surface area contributed by atoms with Crippen molar-refractivity contribution in [2.45, 2.75) is 18.7 Å². The topological polar surface area (TPSA) is 138 Å². The van der Waals surface area contributed by atoms with Gasteiger partial charge in [-0.2, -0.15) is 4.31 Å². The molecule has 0 aliphatic heterocycles. The fraction of sp³-hybridized carbons (Fsp3) is 0.357. The molecule has 0 unspecified atom stereocenters. The highest BCUT2D eigenvalue weighted by atomic mass is 35.5. The third kappa shape index (κ3) is 5.38. The van der Waals surface area contributed by atoms with Crippen LogP contribution in [0.4, 0.5) is 10.3 Å². The molecule has 2 N–H and O–H groups in total. The monoisotopic (exact) mass is 467 g/mol. The van der Waals surface area contributed by atoms with Gasteiger partial charge >= 0.3 is 0 Å². The van der Waals surface area contributed by atoms with E-state index in [9.17, 15) is 21.6 Å². The maximum Gasteiger partial charge on any atom is 0.257 e. The minimum atomic E-state index is -3.86. The highest BCUT2D eigenvalue weighted by Crippen LogP contribution is 2.27. The zero-order chi connectivity index (χ0) is 21.1. The van der Waals surface area contributed by atoms with Crippen LogP contribution in [0, 0.1) is 0 Å². The number of hydrogen-bond acceptors (Lipinski definition) is 8. The number of sulfonamides is 2. The van der Waals surface area contributed by atoms with Gasteiger partial charge in [0.25, 0.3) is 5.91 Å². The van der Waals surface area contributed by atoms with E-state index in [0.717, 1.165) is 17.6 Å². The molecule has 0 saturated heterocycles. The number of carbonyl (C=O) groups excluding carboxylic acids is 1. The highest BCUT2D eigenvalue weighted by Gasteiger charge is 2.25. The fourth-order valence-electron chi connectivity index (χ4n) is 2.19. The molecule has 0 fully saturated rings. The number of anilines is 2. The maximum atomic E-state index is 12.7. The van der Waals surface area contributed by atoms with Gasteiger partial charge in [-0.25, -0.2) is 16.8 Å². The van der Waals surface area contributed by atoms with Crippen molar-refractivity contribution in [2.24, 2.45) is 0 Å². The first-order valence-corrected chi connectivity index (χ1v) is 12.4. The van der Waals surface area contributed by atoms with E-state index in [2.05, 4.69) is 20.2 Å². The molecular weight excluding hydrogens is 450 g/mol. The first-order valence-electron chi connectivity index (χ1n) is 7.90. The number of rotatable bonds is 8. The largest absolute Gasteiger partial charge is 0.296 e. The summed E-state index contributed by atoms with van der Waals surface area (Å²) in [6.45, 7) is 3.91. The maximum absolute atomic E-state index is 12.7. The first kappa shape index (κ1) is 22.5. The number of nitrogens with zero attached hydrogens (tertiary/aromatic N) is 3. The minimum Gasteiger partial charge on any atom is -0.296 e. The molecule has 0 aliphatic carbocycles. The standard InChI is InChI=1S/C14H18ClN5O5S3/c1-4-20(5-2)28(24,25)11-8-9(6-7-10(11)15)12(21)16-13-17-18-14(26-13)19-27(3,22)23/h6-8H,4-5H2,1-3H3,(H,18,19)(H,16,17,21). The summed E-state index contributed by atoms with van der Waals surface area (Å²) in [4.78, 5) is 12.3. The molecule has 14 heteroatoms. The number of hydrogen-bond donors (Lipinski definition) is 2. The van der Waals surface area contributed by atoms with E-state index in [1.807, 2.05) is 0 Å². The normalized spacial score (nSPS) is 12.2. The second-order valence-corrected chi connectivity index (χ2v) is 10.5. The van der Waals surface area contributed by atoms with Gasteiger partial charge in [-0.05, 0) is 18.2 Å². The molecule has 0 bridgehead atoms. The molecule has 0 saturated carbocycles. The predicted octanol–water partition coefficient (Wildman–Crippen LogP) is 1.85. The zero-order valence-corrected chi connectivity index (χ0v) is 18.3. The quantitative estimate of drug-likeness (QED) is 0.603. The summed E-state index contributed by atoms with van der Waals surface area (Å²) >= 11 is 6.86. The summed E-state index contributed by atoms with van der Waals surface area (Å²) in [6.07, 6.45) is 0.957. The molecule has 2 aromatic rings. The van der Waals surface area contributed by atoms with Crippen LogP contribution in [0.5, 0.6) is 0 Å². The summed E-state index contributed by atoms with van der Waals surface area (Å²) < 4.78 is 51.2. The summed E-state index contributed by atoms with van der Waals surface area (Å²) in [5, 5.41) is 9.74. The van der Waals surface area contributed by atoms with Crippen molar-refractivity contribution in [1.82, 2.24) is 14.5 Å². The fourth-order valence-corrected chi connectivity index (χ4v) is 5.62. The summed E-state index contributed by atoms with van der Waals surface area (Å²) in [7, 11) is -7.38. The Morgan fingerprint density at radius 1 is 1.14 bits per heavy atom. The third-order valence-electron chi connectivity index (χ3n) is 3.43. The average molecular weight is 468 g/mol. The van der Waals surface area contributed by atoms with E-state index in [1.54, 1.807) is 13.8 Å². The van der Waals surface area contributed by atoms with Gasteiger partial charge in [0.05, 0.1) is 11.3 Å². The van der Waals surface area contributed by atoms with Crippen molar-refractivity contribution in [2.75, 3.05) is 29.4 Å². The molecule has 1 aromatic heterocycles. The van der Waals surface area contributed by atoms with E-state index in [4.69, 9.17) is 11.6 Å². The predicted molar refractivity (Wildman–Crippen MR) is 108 cm³/mol. The van der Waals surface area contributed by atoms with Gasteiger partial charge in [0, 0.05) is 18.7 Å². The zero-order valence-electron chi connectivity index (χ0n) is 15.1. The van der Waals surface area contributed by atoms with E-state index in [-0.39, 0.29) is 38.8 Å². The summed E-state index contributed by atoms with van der Waals surface area (Å²) in [5.41, 5.74) is 0.0444. The molecular formula is C14H18ClN5O5S3. The summed E-state index contributed by atoms with van der Waals surface area (Å²) in [6, 6.07) is 3.88. The van der Waals surface area contributed by atoms with Crippen LogP contribution in [0.1, 0.15) is 24.2 Å². The van der Waals surface area contributed by atoms with Crippen LogP contribution in [0.15, 0.2) is 23.1 Å². The van der Waals surface area contributed by atoms with E-state index in [1.165, 1.54) is 22.5 Å². The molecule has 154 valence electrons. The lowest BCUT2D eigenvalue weighted by atomic mass is 10.2.